The van der Waals surface area contributed by atoms with Gasteiger partial charge in [-0.05, 0) is 30.7 Å². The van der Waals surface area contributed by atoms with Crippen molar-refractivity contribution in [3.8, 4) is 17.2 Å². The van der Waals surface area contributed by atoms with Crippen molar-refractivity contribution < 1.29 is 14.2 Å². The molecule has 1 saturated heterocycles. The fourth-order valence-electron chi connectivity index (χ4n) is 3.68. The molecule has 2 aromatic rings. The van der Waals surface area contributed by atoms with Crippen molar-refractivity contribution in [1.29, 1.82) is 0 Å². The Labute approximate surface area is 176 Å². The molecule has 0 saturated carbocycles. The summed E-state index contributed by atoms with van der Waals surface area (Å²) in [5, 5.41) is 4.55. The first-order valence-electron chi connectivity index (χ1n) is 9.29. The van der Waals surface area contributed by atoms with E-state index in [2.05, 4.69) is 10.2 Å². The van der Waals surface area contributed by atoms with Crippen LogP contribution in [0.25, 0.3) is 0 Å². The zero-order chi connectivity index (χ0) is 20.1. The van der Waals surface area contributed by atoms with Gasteiger partial charge in [-0.2, -0.15) is 0 Å². The maximum Gasteiger partial charge on any atom is 0.164 e. The highest BCUT2D eigenvalue weighted by Crippen LogP contribution is 2.44. The minimum Gasteiger partial charge on any atom is -0.496 e. The summed E-state index contributed by atoms with van der Waals surface area (Å²) < 4.78 is 16.7. The second-order valence-electron chi connectivity index (χ2n) is 6.63. The molecule has 3 rings (SSSR count). The Bertz CT molecular complexity index is 808. The van der Waals surface area contributed by atoms with Gasteiger partial charge < -0.3 is 19.5 Å². The van der Waals surface area contributed by atoms with E-state index in [4.69, 9.17) is 37.4 Å². The molecule has 0 amide bonds. The molecule has 0 spiro atoms. The highest BCUT2D eigenvalue weighted by molar-refractivity contribution is 6.42. The van der Waals surface area contributed by atoms with E-state index in [0.29, 0.717) is 21.5 Å². The molecule has 1 N–H and O–H groups in total. The summed E-state index contributed by atoms with van der Waals surface area (Å²) in [6.07, 6.45) is 1.05. The first-order valence-corrected chi connectivity index (χ1v) is 10.0. The van der Waals surface area contributed by atoms with E-state index in [-0.39, 0.29) is 6.04 Å². The molecule has 1 heterocycles. The van der Waals surface area contributed by atoms with Gasteiger partial charge in [0, 0.05) is 31.3 Å². The number of rotatable bonds is 6. The summed E-state index contributed by atoms with van der Waals surface area (Å²) in [6, 6.07) is 9.46. The Morgan fingerprint density at radius 1 is 0.893 bits per heavy atom. The largest absolute Gasteiger partial charge is 0.496 e. The molecule has 1 unspecified atom stereocenters. The van der Waals surface area contributed by atoms with Gasteiger partial charge in [0.15, 0.2) is 11.5 Å². The van der Waals surface area contributed by atoms with Crippen molar-refractivity contribution in [2.75, 3.05) is 47.5 Å². The molecule has 1 aliphatic rings. The lowest BCUT2D eigenvalue weighted by Gasteiger charge is -2.33. The Kier molecular flexibility index (Phi) is 7.30. The van der Waals surface area contributed by atoms with E-state index in [1.165, 1.54) is 0 Å². The molecular weight excluding hydrogens is 399 g/mol. The number of hydrogen-bond acceptors (Lipinski definition) is 5. The van der Waals surface area contributed by atoms with Crippen molar-refractivity contribution in [3.63, 3.8) is 0 Å². The van der Waals surface area contributed by atoms with E-state index in [9.17, 15) is 0 Å². The fraction of sp³-hybridized carbons (Fsp3) is 0.429. The number of benzene rings is 2. The fourth-order valence-corrected chi connectivity index (χ4v) is 4.10. The van der Waals surface area contributed by atoms with Crippen LogP contribution in [0.15, 0.2) is 30.3 Å². The summed E-state index contributed by atoms with van der Waals surface area (Å²) in [5.41, 5.74) is 1.91. The second-order valence-corrected chi connectivity index (χ2v) is 7.42. The number of ether oxygens (including phenoxy) is 3. The van der Waals surface area contributed by atoms with Gasteiger partial charge in [-0.15, -0.1) is 0 Å². The number of methoxy groups -OCH3 is 3. The normalized spacial score (nSPS) is 16.3. The summed E-state index contributed by atoms with van der Waals surface area (Å²) in [4.78, 5) is 2.40. The summed E-state index contributed by atoms with van der Waals surface area (Å²) >= 11 is 13.0. The van der Waals surface area contributed by atoms with E-state index in [1.54, 1.807) is 27.4 Å². The SMILES string of the molecule is COc1cc(OC)c(C(c2cccc(Cl)c2Cl)N2CCCNCC2)cc1OC. The lowest BCUT2D eigenvalue weighted by Crippen LogP contribution is -2.33. The monoisotopic (exact) mass is 424 g/mol. The molecule has 28 heavy (non-hydrogen) atoms. The second kappa shape index (κ2) is 9.70. The maximum atomic E-state index is 6.65. The number of nitrogens with zero attached hydrogens (tertiary/aromatic N) is 1. The number of halogens is 2. The molecule has 2 aromatic carbocycles. The molecule has 0 aromatic heterocycles. The van der Waals surface area contributed by atoms with E-state index in [0.717, 1.165) is 49.5 Å². The summed E-state index contributed by atoms with van der Waals surface area (Å²) in [6.45, 7) is 3.71. The molecular formula is C21H26Cl2N2O3. The minimum atomic E-state index is -0.124. The molecule has 1 aliphatic heterocycles. The third-order valence-electron chi connectivity index (χ3n) is 5.05. The van der Waals surface area contributed by atoms with Crippen molar-refractivity contribution in [3.05, 3.63) is 51.5 Å². The van der Waals surface area contributed by atoms with Crippen molar-refractivity contribution in [2.45, 2.75) is 12.5 Å². The Morgan fingerprint density at radius 2 is 1.61 bits per heavy atom. The summed E-state index contributed by atoms with van der Waals surface area (Å²) in [5.74, 6) is 1.99. The van der Waals surface area contributed by atoms with Crippen LogP contribution in [0.1, 0.15) is 23.6 Å². The van der Waals surface area contributed by atoms with Crippen LogP contribution in [-0.2, 0) is 0 Å². The van der Waals surface area contributed by atoms with Gasteiger partial charge in [-0.3, -0.25) is 4.90 Å². The summed E-state index contributed by atoms with van der Waals surface area (Å²) in [7, 11) is 4.90. The van der Waals surface area contributed by atoms with Gasteiger partial charge in [-0.1, -0.05) is 35.3 Å². The van der Waals surface area contributed by atoms with Gasteiger partial charge in [0.25, 0.3) is 0 Å². The van der Waals surface area contributed by atoms with Crippen LogP contribution in [0.5, 0.6) is 17.2 Å². The van der Waals surface area contributed by atoms with Crippen LogP contribution in [0.3, 0.4) is 0 Å². The van der Waals surface area contributed by atoms with Crippen LogP contribution in [0, 0.1) is 0 Å². The van der Waals surface area contributed by atoms with E-state index < -0.39 is 0 Å². The van der Waals surface area contributed by atoms with Crippen LogP contribution in [0.4, 0.5) is 0 Å². The predicted molar refractivity (Wildman–Crippen MR) is 113 cm³/mol. The van der Waals surface area contributed by atoms with Crippen molar-refractivity contribution >= 4 is 23.2 Å². The van der Waals surface area contributed by atoms with Gasteiger partial charge in [0.2, 0.25) is 0 Å². The minimum absolute atomic E-state index is 0.124. The predicted octanol–water partition coefficient (Wildman–Crippen LogP) is 4.40. The smallest absolute Gasteiger partial charge is 0.164 e. The van der Waals surface area contributed by atoms with Crippen LogP contribution in [0.2, 0.25) is 10.0 Å². The first-order chi connectivity index (χ1) is 13.6. The molecule has 1 atom stereocenters. The van der Waals surface area contributed by atoms with Crippen molar-refractivity contribution in [2.24, 2.45) is 0 Å². The Morgan fingerprint density at radius 3 is 2.32 bits per heavy atom. The highest BCUT2D eigenvalue weighted by atomic mass is 35.5. The molecule has 0 bridgehead atoms. The van der Waals surface area contributed by atoms with Gasteiger partial charge in [0.05, 0.1) is 37.4 Å². The van der Waals surface area contributed by atoms with Gasteiger partial charge in [0.1, 0.15) is 5.75 Å². The first kappa shape index (κ1) is 21.1. The Balaban J connectivity index is 2.20. The number of hydrogen-bond donors (Lipinski definition) is 1. The van der Waals surface area contributed by atoms with Gasteiger partial charge in [-0.25, -0.2) is 0 Å². The van der Waals surface area contributed by atoms with Crippen LogP contribution in [-0.4, -0.2) is 52.4 Å². The van der Waals surface area contributed by atoms with Crippen molar-refractivity contribution in [1.82, 2.24) is 10.2 Å². The molecule has 152 valence electrons. The van der Waals surface area contributed by atoms with Crippen LogP contribution < -0.4 is 19.5 Å². The third-order valence-corrected chi connectivity index (χ3v) is 5.88. The zero-order valence-electron chi connectivity index (χ0n) is 16.4. The topological polar surface area (TPSA) is 43.0 Å². The Hall–Kier alpha value is -1.66. The average Bonchev–Trinajstić information content (AvgIpc) is 3.00. The highest BCUT2D eigenvalue weighted by Gasteiger charge is 2.29. The third kappa shape index (κ3) is 4.33. The lowest BCUT2D eigenvalue weighted by molar-refractivity contribution is 0.235. The van der Waals surface area contributed by atoms with E-state index in [1.807, 2.05) is 24.3 Å². The quantitative estimate of drug-likeness (QED) is 0.743. The standard InChI is InChI=1S/C21H26Cl2N2O3/c1-26-17-13-19(28-3)18(27-2)12-15(17)21(25-10-5-8-24-9-11-25)14-6-4-7-16(22)20(14)23/h4,6-7,12-13,21,24H,5,8-11H2,1-3H3. The molecule has 5 nitrogen and oxygen atoms in total. The lowest BCUT2D eigenvalue weighted by atomic mass is 9.95. The zero-order valence-corrected chi connectivity index (χ0v) is 17.9. The number of nitrogens with one attached hydrogen (secondary N) is 1. The maximum absolute atomic E-state index is 6.65. The molecule has 7 heteroatoms. The molecule has 0 aliphatic carbocycles. The molecule has 1 fully saturated rings. The van der Waals surface area contributed by atoms with Crippen LogP contribution >= 0.6 is 23.2 Å². The van der Waals surface area contributed by atoms with E-state index >= 15 is 0 Å². The molecule has 0 radical (unpaired) electrons. The van der Waals surface area contributed by atoms with Gasteiger partial charge >= 0.3 is 0 Å². The average molecular weight is 425 g/mol.